The van der Waals surface area contributed by atoms with E-state index in [1.165, 1.54) is 6.92 Å². The second-order valence-electron chi connectivity index (χ2n) is 19.1. The number of nitrogens with one attached hydrogen (secondary N) is 8. The van der Waals surface area contributed by atoms with E-state index in [2.05, 4.69) is 55.2 Å². The zero-order valence-electron chi connectivity index (χ0n) is 43.9. The van der Waals surface area contributed by atoms with Gasteiger partial charge in [0.1, 0.15) is 54.4 Å². The summed E-state index contributed by atoms with van der Waals surface area (Å²) in [6.07, 6.45) is -1.98. The molecule has 0 aromatic rings. The average molecular weight is 1120 g/mol. The molecule has 0 unspecified atom stereocenters. The lowest BCUT2D eigenvalue weighted by Crippen LogP contribution is -2.61. The normalized spacial score (nSPS) is 17.0. The van der Waals surface area contributed by atoms with Crippen LogP contribution in [0.4, 0.5) is 0 Å². The number of likely N-dealkylation sites (tertiary alicyclic amines) is 1. The van der Waals surface area contributed by atoms with Crippen LogP contribution < -0.4 is 71.2 Å². The number of aliphatic hydroxyl groups excluding tert-OH is 1. The number of aliphatic carboxylic acids is 2. The summed E-state index contributed by atoms with van der Waals surface area (Å²) >= 11 is 3.87. The fraction of sp³-hybridized carbons (Fsp3) is 0.717. The van der Waals surface area contributed by atoms with Crippen LogP contribution in [0.1, 0.15) is 111 Å². The van der Waals surface area contributed by atoms with Crippen molar-refractivity contribution in [2.45, 2.75) is 178 Å². The molecule has 1 rings (SSSR count). The second-order valence-corrected chi connectivity index (χ2v) is 19.5. The average Bonchev–Trinajstić information content (AvgIpc) is 3.84. The van der Waals surface area contributed by atoms with Crippen LogP contribution in [0.5, 0.6) is 0 Å². The van der Waals surface area contributed by atoms with Gasteiger partial charge < -0.3 is 91.4 Å². The molecular formula is C46H80N14O16S. The molecule has 0 aliphatic carbocycles. The van der Waals surface area contributed by atoms with E-state index in [0.717, 1.165) is 11.8 Å². The number of nitrogens with two attached hydrogens (primary N) is 5. The molecule has 31 heteroatoms. The van der Waals surface area contributed by atoms with Crippen molar-refractivity contribution in [3.8, 4) is 0 Å². The first kappa shape index (κ1) is 68.3. The van der Waals surface area contributed by atoms with Gasteiger partial charge in [-0.1, -0.05) is 20.3 Å². The molecule has 77 heavy (non-hydrogen) atoms. The maximum Gasteiger partial charge on any atom is 0.327 e. The van der Waals surface area contributed by atoms with Crippen molar-refractivity contribution in [1.29, 1.82) is 0 Å². The van der Waals surface area contributed by atoms with Gasteiger partial charge in [-0.15, -0.1) is 0 Å². The van der Waals surface area contributed by atoms with Crippen molar-refractivity contribution in [2.24, 2.45) is 34.6 Å². The fourth-order valence-electron chi connectivity index (χ4n) is 7.83. The highest BCUT2D eigenvalue weighted by Gasteiger charge is 2.41. The monoisotopic (exact) mass is 1120 g/mol. The molecule has 0 aromatic heterocycles. The van der Waals surface area contributed by atoms with Gasteiger partial charge in [-0.05, 0) is 90.6 Å². The summed E-state index contributed by atoms with van der Waals surface area (Å²) < 4.78 is 0. The summed E-state index contributed by atoms with van der Waals surface area (Å²) in [6, 6.07) is -14.9. The summed E-state index contributed by atoms with van der Waals surface area (Å²) in [6.45, 7) is 6.25. The molecule has 21 N–H and O–H groups in total. The number of carbonyl (C=O) groups is 13. The minimum atomic E-state index is -1.78. The van der Waals surface area contributed by atoms with Gasteiger partial charge in [0.25, 0.3) is 0 Å². The van der Waals surface area contributed by atoms with Crippen LogP contribution >= 0.6 is 12.6 Å². The van der Waals surface area contributed by atoms with Crippen LogP contribution in [0.25, 0.3) is 0 Å². The van der Waals surface area contributed by atoms with Crippen molar-refractivity contribution in [2.75, 3.05) is 25.4 Å². The van der Waals surface area contributed by atoms with E-state index in [9.17, 15) is 77.6 Å². The maximum atomic E-state index is 14.2. The number of rotatable bonds is 37. The van der Waals surface area contributed by atoms with E-state index in [1.807, 2.05) is 0 Å². The largest absolute Gasteiger partial charge is 0.481 e. The van der Waals surface area contributed by atoms with E-state index in [0.29, 0.717) is 32.2 Å². The highest BCUT2D eigenvalue weighted by molar-refractivity contribution is 7.80. The van der Waals surface area contributed by atoms with Crippen LogP contribution in [-0.4, -0.2) is 189 Å². The highest BCUT2D eigenvalue weighted by Crippen LogP contribution is 2.21. The third kappa shape index (κ3) is 24.9. The third-order valence-electron chi connectivity index (χ3n) is 12.0. The molecule has 0 bridgehead atoms. The lowest BCUT2D eigenvalue weighted by atomic mass is 10.0. The first-order valence-corrected chi connectivity index (χ1v) is 25.9. The van der Waals surface area contributed by atoms with Crippen LogP contribution in [0, 0.1) is 5.92 Å². The van der Waals surface area contributed by atoms with Gasteiger partial charge in [0.05, 0.1) is 25.0 Å². The summed E-state index contributed by atoms with van der Waals surface area (Å²) in [5, 5.41) is 48.3. The Morgan fingerprint density at radius 1 is 0.584 bits per heavy atom. The Kier molecular flexibility index (Phi) is 30.9. The topological polar surface area (TPSA) is 512 Å². The number of hydrogen-bond donors (Lipinski definition) is 17. The maximum absolute atomic E-state index is 14.2. The van der Waals surface area contributed by atoms with Gasteiger partial charge in [0, 0.05) is 18.7 Å². The van der Waals surface area contributed by atoms with Gasteiger partial charge in [-0.3, -0.25) is 57.5 Å². The standard InChI is InChI=1S/C46H80N14O16S/c1-22(2)18-28(40(69)56-30(20-34(51)63)42(71)58-31(21-77)46(75)76)57-44(73)36(24(4)61)59-37(66)23(3)52-43(72)32-12-9-17-60(32)45(74)27(13-14-35(64)65)54-41(70)29(19-33(50)62)55-39(68)26(11-6-8-16-48)53-38(67)25(49)10-5-7-15-47/h22-32,36,61,77H,5-21,47-49H2,1-4H3,(H2,50,62)(H2,51,63)(H,52,72)(H,53,67)(H,54,70)(H,55,68)(H,56,69)(H,57,73)(H,58,71)(H,59,66)(H,64,65)(H,75,76)/t23-,24+,25-,26-,27-,28-,29-,30-,31-,32-,36-/m0/s1. The number of carboxylic acids is 2. The molecule has 1 saturated heterocycles. The van der Waals surface area contributed by atoms with E-state index in [-0.39, 0.29) is 56.9 Å². The minimum absolute atomic E-state index is 0.0229. The Labute approximate surface area is 451 Å². The van der Waals surface area contributed by atoms with Gasteiger partial charge in [-0.25, -0.2) is 4.79 Å². The van der Waals surface area contributed by atoms with Gasteiger partial charge >= 0.3 is 11.9 Å². The van der Waals surface area contributed by atoms with Crippen molar-refractivity contribution in [1.82, 2.24) is 47.4 Å². The minimum Gasteiger partial charge on any atom is -0.481 e. The van der Waals surface area contributed by atoms with E-state index in [4.69, 9.17) is 28.7 Å². The number of primary amides is 2. The molecule has 0 spiro atoms. The molecule has 11 atom stereocenters. The van der Waals surface area contributed by atoms with Gasteiger partial charge in [0.15, 0.2) is 0 Å². The molecule has 436 valence electrons. The molecule has 1 aliphatic heterocycles. The number of carbonyl (C=O) groups excluding carboxylic acids is 11. The number of nitrogens with zero attached hydrogens (tertiary/aromatic N) is 1. The van der Waals surface area contributed by atoms with E-state index in [1.54, 1.807) is 13.8 Å². The zero-order valence-corrected chi connectivity index (χ0v) is 44.8. The lowest BCUT2D eigenvalue weighted by molar-refractivity contribution is -0.144. The van der Waals surface area contributed by atoms with Crippen LogP contribution in [0.3, 0.4) is 0 Å². The van der Waals surface area contributed by atoms with Crippen molar-refractivity contribution >= 4 is 89.5 Å². The summed E-state index contributed by atoms with van der Waals surface area (Å²) in [5.74, 6) is -14.4. The first-order valence-electron chi connectivity index (χ1n) is 25.3. The molecule has 1 heterocycles. The molecular weight excluding hydrogens is 1040 g/mol. The first-order chi connectivity index (χ1) is 36.1. The van der Waals surface area contributed by atoms with Gasteiger partial charge in [0.2, 0.25) is 65.0 Å². The highest BCUT2D eigenvalue weighted by atomic mass is 32.1. The lowest BCUT2D eigenvalue weighted by Gasteiger charge is -2.31. The third-order valence-corrected chi connectivity index (χ3v) is 12.4. The van der Waals surface area contributed by atoms with Crippen LogP contribution in [0.15, 0.2) is 0 Å². The molecule has 11 amide bonds. The molecule has 30 nitrogen and oxygen atoms in total. The second kappa shape index (κ2) is 34.9. The van der Waals surface area contributed by atoms with Crippen LogP contribution in [-0.2, 0) is 62.3 Å². The zero-order chi connectivity index (χ0) is 58.7. The van der Waals surface area contributed by atoms with Crippen molar-refractivity contribution in [3.63, 3.8) is 0 Å². The smallest absolute Gasteiger partial charge is 0.327 e. The summed E-state index contributed by atoms with van der Waals surface area (Å²) in [7, 11) is 0. The molecule has 0 radical (unpaired) electrons. The number of thiol groups is 1. The Bertz CT molecular complexity index is 2090. The predicted octanol–water partition coefficient (Wildman–Crippen LogP) is -6.48. The molecule has 0 saturated carbocycles. The van der Waals surface area contributed by atoms with Crippen molar-refractivity contribution < 1.29 is 77.6 Å². The number of hydrogen-bond acceptors (Lipinski definition) is 18. The van der Waals surface area contributed by atoms with Gasteiger partial charge in [-0.2, -0.15) is 12.6 Å². The molecule has 1 fully saturated rings. The Balaban J connectivity index is 3.30. The Morgan fingerprint density at radius 3 is 1.55 bits per heavy atom. The Morgan fingerprint density at radius 2 is 1.06 bits per heavy atom. The number of amides is 11. The van der Waals surface area contributed by atoms with E-state index < -0.39 is 169 Å². The van der Waals surface area contributed by atoms with Crippen molar-refractivity contribution in [3.05, 3.63) is 0 Å². The number of unbranched alkanes of at least 4 members (excludes halogenated alkanes) is 2. The SMILES string of the molecule is CC(C)C[C@H](NC(=O)[C@@H](NC(=O)[C@H](C)NC(=O)[C@@H]1CCCN1C(=O)[C@H](CCC(=O)O)NC(=O)[C@H](CC(N)=O)NC(=O)[C@H](CCCCN)NC(=O)[C@@H](N)CCCCN)[C@@H](C)O)C(=O)N[C@@H](CC(N)=O)C(=O)N[C@@H](CS)C(=O)O. The molecule has 1 aliphatic rings. The predicted molar refractivity (Wildman–Crippen MR) is 277 cm³/mol. The van der Waals surface area contributed by atoms with Crippen LogP contribution in [0.2, 0.25) is 0 Å². The summed E-state index contributed by atoms with van der Waals surface area (Å²) in [4.78, 5) is 170. The number of aliphatic hydroxyl groups is 1. The fourth-order valence-corrected chi connectivity index (χ4v) is 8.07. The quantitative estimate of drug-likeness (QED) is 0.0203. The molecule has 0 aromatic carbocycles. The Hall–Kier alpha value is -6.70. The van der Waals surface area contributed by atoms with E-state index >= 15 is 0 Å². The summed E-state index contributed by atoms with van der Waals surface area (Å²) in [5.41, 5.74) is 27.9. The number of carboxylic acid groups (broad SMARTS) is 2.